The molecule has 0 unspecified atom stereocenters. The third kappa shape index (κ3) is 7.68. The Hall–Kier alpha value is -1.75. The van der Waals surface area contributed by atoms with Crippen molar-refractivity contribution in [3.8, 4) is 5.75 Å². The second-order valence-electron chi connectivity index (χ2n) is 7.71. The Morgan fingerprint density at radius 1 is 1.21 bits per heavy atom. The molecule has 1 atom stereocenters. The molecule has 0 saturated carbocycles. The first-order valence-electron chi connectivity index (χ1n) is 8.41. The molecule has 0 aromatic heterocycles. The fraction of sp³-hybridized carbons (Fsp3) is 0.632. The number of alkyl carbamates (subject to hydrolysis) is 1. The van der Waals surface area contributed by atoms with Crippen LogP contribution in [0.1, 0.15) is 59.6 Å². The molecule has 1 aromatic rings. The van der Waals surface area contributed by atoms with Crippen molar-refractivity contribution in [1.29, 1.82) is 0 Å². The Morgan fingerprint density at radius 3 is 2.46 bits per heavy atom. The summed E-state index contributed by atoms with van der Waals surface area (Å²) in [5.41, 5.74) is 0.343. The molecular weight excluding hydrogens is 304 g/mol. The molecule has 5 nitrogen and oxygen atoms in total. The van der Waals surface area contributed by atoms with Crippen LogP contribution in [-0.2, 0) is 4.74 Å². The van der Waals surface area contributed by atoms with E-state index in [1.54, 1.807) is 7.11 Å². The van der Waals surface area contributed by atoms with Gasteiger partial charge in [-0.25, -0.2) is 4.79 Å². The third-order valence-corrected chi connectivity index (χ3v) is 3.63. The molecule has 1 rings (SSSR count). The Kier molecular flexibility index (Phi) is 7.08. The van der Waals surface area contributed by atoms with E-state index in [1.165, 1.54) is 5.56 Å². The highest BCUT2D eigenvalue weighted by atomic mass is 16.6. The number of amides is 1. The monoisotopic (exact) mass is 336 g/mol. The van der Waals surface area contributed by atoms with Gasteiger partial charge in [0, 0.05) is 11.6 Å². The van der Waals surface area contributed by atoms with Gasteiger partial charge < -0.3 is 20.1 Å². The van der Waals surface area contributed by atoms with E-state index < -0.39 is 5.60 Å². The summed E-state index contributed by atoms with van der Waals surface area (Å²) >= 11 is 0. The number of hydrogen-bond acceptors (Lipinski definition) is 4. The van der Waals surface area contributed by atoms with E-state index in [1.807, 2.05) is 52.8 Å². The van der Waals surface area contributed by atoms with Gasteiger partial charge in [-0.2, -0.15) is 0 Å². The molecule has 0 fully saturated rings. The van der Waals surface area contributed by atoms with Crippen LogP contribution in [0.4, 0.5) is 4.79 Å². The highest BCUT2D eigenvalue weighted by molar-refractivity contribution is 5.68. The normalized spacial score (nSPS) is 13.3. The van der Waals surface area contributed by atoms with E-state index in [-0.39, 0.29) is 17.7 Å². The SMILES string of the molecule is COc1cccc([C@@H](C)NCCC(C)(C)NC(=O)OC(C)(C)C)c1. The van der Waals surface area contributed by atoms with Crippen LogP contribution >= 0.6 is 0 Å². The molecule has 0 aliphatic rings. The summed E-state index contributed by atoms with van der Waals surface area (Å²) < 4.78 is 10.6. The minimum Gasteiger partial charge on any atom is -0.497 e. The molecule has 0 spiro atoms. The average Bonchev–Trinajstić information content (AvgIpc) is 2.44. The molecule has 0 bridgehead atoms. The fourth-order valence-corrected chi connectivity index (χ4v) is 2.27. The predicted octanol–water partition coefficient (Wildman–Crippen LogP) is 4.04. The summed E-state index contributed by atoms with van der Waals surface area (Å²) in [5, 5.41) is 6.40. The summed E-state index contributed by atoms with van der Waals surface area (Å²) in [6.07, 6.45) is 0.411. The van der Waals surface area contributed by atoms with Crippen LogP contribution in [0.15, 0.2) is 24.3 Å². The van der Waals surface area contributed by atoms with Crippen molar-refractivity contribution in [1.82, 2.24) is 10.6 Å². The van der Waals surface area contributed by atoms with E-state index in [0.29, 0.717) is 0 Å². The molecule has 24 heavy (non-hydrogen) atoms. The zero-order valence-electron chi connectivity index (χ0n) is 16.0. The lowest BCUT2D eigenvalue weighted by Crippen LogP contribution is -2.47. The maximum atomic E-state index is 11.9. The van der Waals surface area contributed by atoms with E-state index in [4.69, 9.17) is 9.47 Å². The van der Waals surface area contributed by atoms with Crippen molar-refractivity contribution >= 4 is 6.09 Å². The first-order valence-corrected chi connectivity index (χ1v) is 8.41. The molecule has 1 aromatic carbocycles. The molecule has 0 saturated heterocycles. The maximum absolute atomic E-state index is 11.9. The minimum absolute atomic E-state index is 0.206. The van der Waals surface area contributed by atoms with Crippen LogP contribution in [0.5, 0.6) is 5.75 Å². The molecule has 0 radical (unpaired) electrons. The van der Waals surface area contributed by atoms with Gasteiger partial charge in [-0.1, -0.05) is 12.1 Å². The highest BCUT2D eigenvalue weighted by Crippen LogP contribution is 2.19. The quantitative estimate of drug-likeness (QED) is 0.789. The zero-order valence-corrected chi connectivity index (χ0v) is 16.0. The van der Waals surface area contributed by atoms with Gasteiger partial charge in [-0.3, -0.25) is 0 Å². The number of benzene rings is 1. The summed E-state index contributed by atoms with van der Waals surface area (Å²) in [6.45, 7) is 12.5. The smallest absolute Gasteiger partial charge is 0.408 e. The van der Waals surface area contributed by atoms with Crippen molar-refractivity contribution < 1.29 is 14.3 Å². The van der Waals surface area contributed by atoms with E-state index in [0.717, 1.165) is 18.7 Å². The van der Waals surface area contributed by atoms with Crippen molar-refractivity contribution in [2.75, 3.05) is 13.7 Å². The number of carbonyl (C=O) groups is 1. The Bertz CT molecular complexity index is 536. The summed E-state index contributed by atoms with van der Waals surface area (Å²) in [4.78, 5) is 11.9. The standard InChI is InChI=1S/C19H32N2O3/c1-14(15-9-8-10-16(13-15)23-7)20-12-11-19(5,6)21-17(22)24-18(2,3)4/h8-10,13-14,20H,11-12H2,1-7H3,(H,21,22)/t14-/m1/s1. The summed E-state index contributed by atoms with van der Waals surface area (Å²) in [7, 11) is 1.67. The molecule has 136 valence electrons. The van der Waals surface area contributed by atoms with Crippen LogP contribution in [0.3, 0.4) is 0 Å². The first-order chi connectivity index (χ1) is 11.0. The lowest BCUT2D eigenvalue weighted by Gasteiger charge is -2.29. The highest BCUT2D eigenvalue weighted by Gasteiger charge is 2.24. The third-order valence-electron chi connectivity index (χ3n) is 3.63. The number of methoxy groups -OCH3 is 1. The summed E-state index contributed by atoms with van der Waals surface area (Å²) in [5.74, 6) is 0.855. The van der Waals surface area contributed by atoms with E-state index in [9.17, 15) is 4.79 Å². The van der Waals surface area contributed by atoms with Gasteiger partial charge in [0.15, 0.2) is 0 Å². The van der Waals surface area contributed by atoms with Crippen LogP contribution in [0.2, 0.25) is 0 Å². The Labute approximate surface area is 146 Å². The first kappa shape index (κ1) is 20.3. The molecule has 1 amide bonds. The number of hydrogen-bond donors (Lipinski definition) is 2. The van der Waals surface area contributed by atoms with Crippen LogP contribution in [0.25, 0.3) is 0 Å². The van der Waals surface area contributed by atoms with Gasteiger partial charge in [0.25, 0.3) is 0 Å². The molecule has 5 heteroatoms. The number of rotatable bonds is 7. The summed E-state index contributed by atoms with van der Waals surface area (Å²) in [6, 6.07) is 8.23. The van der Waals surface area contributed by atoms with Gasteiger partial charge in [0.2, 0.25) is 0 Å². The molecule has 0 aliphatic heterocycles. The van der Waals surface area contributed by atoms with Crippen molar-refractivity contribution in [2.24, 2.45) is 0 Å². The van der Waals surface area contributed by atoms with Crippen LogP contribution in [0, 0.1) is 0 Å². The van der Waals surface area contributed by atoms with E-state index >= 15 is 0 Å². The van der Waals surface area contributed by atoms with Gasteiger partial charge in [0.1, 0.15) is 11.4 Å². The zero-order chi connectivity index (χ0) is 18.4. The molecule has 0 aliphatic carbocycles. The fourth-order valence-electron chi connectivity index (χ4n) is 2.27. The second kappa shape index (κ2) is 8.38. The Morgan fingerprint density at radius 2 is 1.88 bits per heavy atom. The number of carbonyl (C=O) groups excluding carboxylic acids is 1. The minimum atomic E-state index is -0.487. The van der Waals surface area contributed by atoms with Crippen LogP contribution < -0.4 is 15.4 Å². The van der Waals surface area contributed by atoms with Gasteiger partial charge in [-0.15, -0.1) is 0 Å². The van der Waals surface area contributed by atoms with Crippen molar-refractivity contribution in [3.63, 3.8) is 0 Å². The van der Waals surface area contributed by atoms with Gasteiger partial charge >= 0.3 is 6.09 Å². The lowest BCUT2D eigenvalue weighted by atomic mass is 10.0. The van der Waals surface area contributed by atoms with Crippen molar-refractivity contribution in [2.45, 2.75) is 65.1 Å². The van der Waals surface area contributed by atoms with Crippen LogP contribution in [-0.4, -0.2) is 30.9 Å². The van der Waals surface area contributed by atoms with Gasteiger partial charge in [0.05, 0.1) is 7.11 Å². The second-order valence-corrected chi connectivity index (χ2v) is 7.71. The Balaban J connectivity index is 2.45. The molecule has 0 heterocycles. The largest absolute Gasteiger partial charge is 0.497 e. The molecule has 2 N–H and O–H groups in total. The molecular formula is C19H32N2O3. The topological polar surface area (TPSA) is 59.6 Å². The van der Waals surface area contributed by atoms with Gasteiger partial charge in [-0.05, 0) is 72.2 Å². The maximum Gasteiger partial charge on any atom is 0.408 e. The number of ether oxygens (including phenoxy) is 2. The van der Waals surface area contributed by atoms with E-state index in [2.05, 4.69) is 23.6 Å². The average molecular weight is 336 g/mol. The predicted molar refractivity (Wildman–Crippen MR) is 97.5 cm³/mol. The number of nitrogens with one attached hydrogen (secondary N) is 2. The van der Waals surface area contributed by atoms with Crippen molar-refractivity contribution in [3.05, 3.63) is 29.8 Å². The lowest BCUT2D eigenvalue weighted by molar-refractivity contribution is 0.0468.